The van der Waals surface area contributed by atoms with Gasteiger partial charge in [0.2, 0.25) is 0 Å². The molecule has 10 aromatic rings. The van der Waals surface area contributed by atoms with E-state index < -0.39 is 0 Å². The van der Waals surface area contributed by atoms with Crippen LogP contribution in [0.1, 0.15) is 5.56 Å². The van der Waals surface area contributed by atoms with Crippen LogP contribution in [0, 0.1) is 17.9 Å². The van der Waals surface area contributed by atoms with E-state index >= 15 is 0 Å². The fourth-order valence-electron chi connectivity index (χ4n) is 7.17. The fraction of sp³-hybridized carbons (Fsp3) is 0. The maximum Gasteiger partial charge on any atom is 0.187 e. The fourth-order valence-corrected chi connectivity index (χ4v) is 7.17. The van der Waals surface area contributed by atoms with Crippen molar-refractivity contribution in [1.29, 1.82) is 5.26 Å². The van der Waals surface area contributed by atoms with Gasteiger partial charge in [0.25, 0.3) is 0 Å². The summed E-state index contributed by atoms with van der Waals surface area (Å²) in [5.41, 5.74) is 10.1. The van der Waals surface area contributed by atoms with Gasteiger partial charge < -0.3 is 8.83 Å². The Morgan fingerprint density at radius 2 is 1.02 bits per heavy atom. The maximum absolute atomic E-state index is 10.2. The molecule has 3 heterocycles. The molecule has 0 aliphatic rings. The van der Waals surface area contributed by atoms with E-state index in [4.69, 9.17) is 30.4 Å². The largest absolute Gasteiger partial charge is 0.455 e. The highest BCUT2D eigenvalue weighted by Gasteiger charge is 2.19. The van der Waals surface area contributed by atoms with Gasteiger partial charge in [0.15, 0.2) is 23.2 Å². The first kappa shape index (κ1) is 30.9. The maximum atomic E-state index is 10.2. The summed E-state index contributed by atoms with van der Waals surface area (Å²) in [4.78, 5) is 18.1. The monoisotopic (exact) mass is 691 g/mol. The van der Waals surface area contributed by atoms with Crippen LogP contribution in [0.3, 0.4) is 0 Å². The van der Waals surface area contributed by atoms with Crippen molar-refractivity contribution in [2.24, 2.45) is 0 Å². The number of rotatable bonds is 5. The molecule has 0 unspecified atom stereocenters. The number of nitriles is 1. The Morgan fingerprint density at radius 3 is 1.70 bits per heavy atom. The lowest BCUT2D eigenvalue weighted by Crippen LogP contribution is -2.00. The van der Waals surface area contributed by atoms with Crippen LogP contribution < -0.4 is 0 Å². The van der Waals surface area contributed by atoms with Gasteiger partial charge in [0, 0.05) is 49.4 Å². The molecular formula is C47H25N5O2. The van der Waals surface area contributed by atoms with Crippen LogP contribution in [0.2, 0.25) is 0 Å². The van der Waals surface area contributed by atoms with Crippen LogP contribution in [-0.4, -0.2) is 15.0 Å². The molecule has 0 radical (unpaired) electrons. The zero-order valence-electron chi connectivity index (χ0n) is 28.5. The molecule has 7 heteroatoms. The lowest BCUT2D eigenvalue weighted by Gasteiger charge is -2.10. The van der Waals surface area contributed by atoms with Crippen molar-refractivity contribution >= 4 is 49.6 Å². The van der Waals surface area contributed by atoms with Gasteiger partial charge in [0.05, 0.1) is 18.2 Å². The van der Waals surface area contributed by atoms with Crippen LogP contribution in [0.5, 0.6) is 0 Å². The summed E-state index contributed by atoms with van der Waals surface area (Å²) in [6.45, 7) is 7.35. The van der Waals surface area contributed by atoms with Crippen molar-refractivity contribution in [2.45, 2.75) is 0 Å². The second kappa shape index (κ2) is 12.4. The Morgan fingerprint density at radius 1 is 0.463 bits per heavy atom. The molecule has 7 nitrogen and oxygen atoms in total. The van der Waals surface area contributed by atoms with Crippen LogP contribution in [-0.2, 0) is 0 Å². The van der Waals surface area contributed by atoms with Gasteiger partial charge in [-0.1, -0.05) is 115 Å². The summed E-state index contributed by atoms with van der Waals surface area (Å²) in [7, 11) is 0. The molecule has 0 aliphatic heterocycles. The summed E-state index contributed by atoms with van der Waals surface area (Å²) in [6, 6.07) is 51.5. The third-order valence-corrected chi connectivity index (χ3v) is 9.77. The molecule has 0 atom stereocenters. The number of furan rings is 2. The first-order valence-electron chi connectivity index (χ1n) is 17.3. The smallest absolute Gasteiger partial charge is 0.187 e. The summed E-state index contributed by atoms with van der Waals surface area (Å²) in [5, 5.41) is 14.3. The molecule has 0 bridgehead atoms. The predicted molar refractivity (Wildman–Crippen MR) is 213 cm³/mol. The van der Waals surface area contributed by atoms with Crippen LogP contribution in [0.25, 0.3) is 105 Å². The number of hydrogen-bond acceptors (Lipinski definition) is 6. The van der Waals surface area contributed by atoms with E-state index in [1.54, 1.807) is 18.2 Å². The first-order chi connectivity index (χ1) is 26.6. The third-order valence-electron chi connectivity index (χ3n) is 9.77. The molecule has 3 aromatic heterocycles. The van der Waals surface area contributed by atoms with Crippen molar-refractivity contribution in [1.82, 2.24) is 15.0 Å². The number of hydrogen-bond donors (Lipinski definition) is 0. The zero-order chi connectivity index (χ0) is 36.2. The van der Waals surface area contributed by atoms with Crippen molar-refractivity contribution in [2.75, 3.05) is 0 Å². The molecule has 7 aromatic carbocycles. The molecule has 0 amide bonds. The van der Waals surface area contributed by atoms with Crippen LogP contribution in [0.15, 0.2) is 160 Å². The summed E-state index contributed by atoms with van der Waals surface area (Å²) in [5.74, 6) is 1.41. The lowest BCUT2D eigenvalue weighted by molar-refractivity contribution is 0.665. The van der Waals surface area contributed by atoms with Gasteiger partial charge in [-0.15, -0.1) is 0 Å². The topological polar surface area (TPSA) is 93.1 Å². The third kappa shape index (κ3) is 5.16. The van der Waals surface area contributed by atoms with E-state index in [1.165, 1.54) is 0 Å². The van der Waals surface area contributed by atoms with Gasteiger partial charge >= 0.3 is 0 Å². The molecule has 10 rings (SSSR count). The average molecular weight is 692 g/mol. The average Bonchev–Trinajstić information content (AvgIpc) is 3.82. The number of benzene rings is 7. The summed E-state index contributed by atoms with van der Waals surface area (Å²) < 4.78 is 13.1. The summed E-state index contributed by atoms with van der Waals surface area (Å²) >= 11 is 0. The first-order valence-corrected chi connectivity index (χ1v) is 17.3. The minimum absolute atomic E-state index is 0.431. The Kier molecular flexibility index (Phi) is 7.11. The van der Waals surface area contributed by atoms with E-state index in [9.17, 15) is 5.26 Å². The number of nitrogens with zero attached hydrogens (tertiary/aromatic N) is 5. The van der Waals surface area contributed by atoms with Crippen molar-refractivity contribution < 1.29 is 8.83 Å². The molecule has 54 heavy (non-hydrogen) atoms. The highest BCUT2D eigenvalue weighted by Crippen LogP contribution is 2.42. The molecule has 0 saturated heterocycles. The standard InChI is InChI=1S/C47H25N5O2/c1-49-34-20-17-30(18-21-34)46-50-45(29-9-3-2-4-10-29)51-47(52-46)33-24-28(27-48)23-32(25-33)31-19-22-36-38-13-8-15-40(44(38)54-42(36)26-31)39-14-7-12-37-35-11-5-6-16-41(35)53-43(37)39/h2-26H. The van der Waals surface area contributed by atoms with Crippen LogP contribution >= 0.6 is 0 Å². The van der Waals surface area contributed by atoms with Gasteiger partial charge in [0.1, 0.15) is 22.3 Å². The van der Waals surface area contributed by atoms with Gasteiger partial charge in [-0.05, 0) is 47.5 Å². The van der Waals surface area contributed by atoms with Crippen molar-refractivity contribution in [3.8, 4) is 62.5 Å². The molecule has 250 valence electrons. The van der Waals surface area contributed by atoms with Crippen LogP contribution in [0.4, 0.5) is 5.69 Å². The van der Waals surface area contributed by atoms with Crippen molar-refractivity contribution in [3.63, 3.8) is 0 Å². The molecule has 0 fully saturated rings. The Bertz CT molecular complexity index is 3180. The predicted octanol–water partition coefficient (Wildman–Crippen LogP) is 12.4. The highest BCUT2D eigenvalue weighted by molar-refractivity contribution is 6.15. The minimum atomic E-state index is 0.431. The molecule has 0 N–H and O–H groups in total. The lowest BCUT2D eigenvalue weighted by atomic mass is 9.97. The molecular weight excluding hydrogens is 667 g/mol. The Balaban J connectivity index is 1.10. The van der Waals surface area contributed by atoms with E-state index in [2.05, 4.69) is 65.5 Å². The van der Waals surface area contributed by atoms with Gasteiger partial charge in [-0.25, -0.2) is 19.8 Å². The van der Waals surface area contributed by atoms with E-state index in [0.29, 0.717) is 34.3 Å². The zero-order valence-corrected chi connectivity index (χ0v) is 28.5. The second-order valence-corrected chi connectivity index (χ2v) is 13.0. The van der Waals surface area contributed by atoms with E-state index in [-0.39, 0.29) is 0 Å². The number of fused-ring (bicyclic) bond motifs is 6. The van der Waals surface area contributed by atoms with E-state index in [0.717, 1.165) is 77.3 Å². The van der Waals surface area contributed by atoms with Gasteiger partial charge in [-0.2, -0.15) is 5.26 Å². The van der Waals surface area contributed by atoms with Gasteiger partial charge in [-0.3, -0.25) is 0 Å². The quantitative estimate of drug-likeness (QED) is 0.167. The summed E-state index contributed by atoms with van der Waals surface area (Å²) in [6.07, 6.45) is 0. The number of aromatic nitrogens is 3. The molecule has 0 saturated carbocycles. The number of para-hydroxylation sites is 3. The SMILES string of the molecule is [C-]#[N+]c1ccc(-c2nc(-c3ccccc3)nc(-c3cc(C#N)cc(-c4ccc5c(c4)oc4c(-c6cccc7c6oc6ccccc67)cccc45)c3)n2)cc1. The Hall–Kier alpha value is -7.87. The van der Waals surface area contributed by atoms with Crippen molar-refractivity contribution in [3.05, 3.63) is 169 Å². The molecule has 0 spiro atoms. The minimum Gasteiger partial charge on any atom is -0.455 e. The second-order valence-electron chi connectivity index (χ2n) is 13.0. The normalized spacial score (nSPS) is 11.3. The van der Waals surface area contributed by atoms with E-state index in [1.807, 2.05) is 78.9 Å². The Labute approximate surface area is 308 Å². The molecule has 0 aliphatic carbocycles. The highest BCUT2D eigenvalue weighted by atomic mass is 16.3.